The molecule has 1 aliphatic carbocycles. The largest absolute Gasteiger partial charge is 0.377 e. The lowest BCUT2D eigenvalue weighted by Crippen LogP contribution is -2.11. The highest BCUT2D eigenvalue weighted by molar-refractivity contribution is 14.1. The van der Waals surface area contributed by atoms with Crippen molar-refractivity contribution in [3.63, 3.8) is 0 Å². The fraction of sp³-hybridized carbons (Fsp3) is 1.00. The van der Waals surface area contributed by atoms with Gasteiger partial charge in [0.2, 0.25) is 0 Å². The maximum absolute atomic E-state index is 5.72. The van der Waals surface area contributed by atoms with Crippen LogP contribution >= 0.6 is 22.6 Å². The summed E-state index contributed by atoms with van der Waals surface area (Å²) in [5.74, 6) is 1.92. The molecule has 0 unspecified atom stereocenters. The van der Waals surface area contributed by atoms with Gasteiger partial charge in [-0.25, -0.2) is 0 Å². The summed E-state index contributed by atoms with van der Waals surface area (Å²) in [5.41, 5.74) is 0. The first kappa shape index (κ1) is 9.25. The van der Waals surface area contributed by atoms with E-state index in [2.05, 4.69) is 22.6 Å². The van der Waals surface area contributed by atoms with Crippen molar-refractivity contribution in [1.82, 2.24) is 0 Å². The van der Waals surface area contributed by atoms with Crippen molar-refractivity contribution >= 4 is 22.6 Å². The van der Waals surface area contributed by atoms with Gasteiger partial charge in [-0.15, -0.1) is 0 Å². The van der Waals surface area contributed by atoms with Crippen LogP contribution < -0.4 is 0 Å². The Bertz CT molecular complexity index is 143. The van der Waals surface area contributed by atoms with Gasteiger partial charge in [-0.2, -0.15) is 0 Å². The van der Waals surface area contributed by atoms with Gasteiger partial charge in [-0.3, -0.25) is 0 Å². The normalized spacial score (nSPS) is 37.8. The van der Waals surface area contributed by atoms with E-state index in [1.165, 1.54) is 36.5 Å². The lowest BCUT2D eigenvalue weighted by molar-refractivity contribution is 0.120. The molecular weight excluding hydrogens is 263 g/mol. The number of alkyl halides is 1. The molecule has 1 saturated carbocycles. The van der Waals surface area contributed by atoms with Crippen molar-refractivity contribution in [1.29, 1.82) is 0 Å². The van der Waals surface area contributed by atoms with Crippen molar-refractivity contribution in [3.05, 3.63) is 0 Å². The molecule has 0 bridgehead atoms. The van der Waals surface area contributed by atoms with Gasteiger partial charge >= 0.3 is 0 Å². The SMILES string of the molecule is IC[C@@H]1C[C@H](C2CCCC2)CO1. The number of halogens is 1. The fourth-order valence-corrected chi connectivity index (χ4v) is 3.21. The molecule has 2 heteroatoms. The molecule has 1 nitrogen and oxygen atoms in total. The topological polar surface area (TPSA) is 9.23 Å². The Labute approximate surface area is 88.4 Å². The van der Waals surface area contributed by atoms with E-state index in [1.54, 1.807) is 0 Å². The van der Waals surface area contributed by atoms with E-state index in [9.17, 15) is 0 Å². The van der Waals surface area contributed by atoms with Crippen LogP contribution in [0.1, 0.15) is 32.1 Å². The third-order valence-corrected chi connectivity index (χ3v) is 4.33. The Morgan fingerprint density at radius 2 is 1.92 bits per heavy atom. The summed E-state index contributed by atoms with van der Waals surface area (Å²) in [5, 5.41) is 0. The molecule has 1 saturated heterocycles. The molecule has 12 heavy (non-hydrogen) atoms. The Kier molecular flexibility index (Phi) is 3.29. The monoisotopic (exact) mass is 280 g/mol. The first-order valence-corrected chi connectivity index (χ1v) is 6.60. The third-order valence-electron chi connectivity index (χ3n) is 3.35. The first-order valence-electron chi connectivity index (χ1n) is 5.07. The maximum atomic E-state index is 5.72. The molecule has 0 radical (unpaired) electrons. The molecule has 0 aromatic rings. The lowest BCUT2D eigenvalue weighted by Gasteiger charge is -2.15. The van der Waals surface area contributed by atoms with Crippen molar-refractivity contribution in [3.8, 4) is 0 Å². The molecule has 0 aromatic carbocycles. The fourth-order valence-electron chi connectivity index (χ4n) is 2.60. The molecule has 2 rings (SSSR count). The van der Waals surface area contributed by atoms with Gasteiger partial charge < -0.3 is 4.74 Å². The van der Waals surface area contributed by atoms with Crippen LogP contribution in [0.15, 0.2) is 0 Å². The van der Waals surface area contributed by atoms with Crippen LogP contribution in [-0.2, 0) is 4.74 Å². The zero-order valence-electron chi connectivity index (χ0n) is 7.47. The number of rotatable bonds is 2. The quantitative estimate of drug-likeness (QED) is 0.558. The Balaban J connectivity index is 1.81. The van der Waals surface area contributed by atoms with Crippen LogP contribution in [0.5, 0.6) is 0 Å². The molecule has 1 heterocycles. The summed E-state index contributed by atoms with van der Waals surface area (Å²) in [6.45, 7) is 1.05. The van der Waals surface area contributed by atoms with Gasteiger partial charge in [0, 0.05) is 4.43 Å². The summed E-state index contributed by atoms with van der Waals surface area (Å²) >= 11 is 2.44. The van der Waals surface area contributed by atoms with Gasteiger partial charge in [0.1, 0.15) is 0 Å². The standard InChI is InChI=1S/C10H17IO/c11-6-10-5-9(7-12-10)8-3-1-2-4-8/h8-10H,1-7H2/t9-,10-/m0/s1. The predicted molar refractivity (Wildman–Crippen MR) is 58.7 cm³/mol. The average molecular weight is 280 g/mol. The summed E-state index contributed by atoms with van der Waals surface area (Å²) in [7, 11) is 0. The van der Waals surface area contributed by atoms with Gasteiger partial charge in [0.05, 0.1) is 12.7 Å². The van der Waals surface area contributed by atoms with Crippen LogP contribution in [0.4, 0.5) is 0 Å². The van der Waals surface area contributed by atoms with E-state index in [4.69, 9.17) is 4.74 Å². The second kappa shape index (κ2) is 4.27. The van der Waals surface area contributed by atoms with Gasteiger partial charge in [-0.05, 0) is 18.3 Å². The van der Waals surface area contributed by atoms with Gasteiger partial charge in [0.25, 0.3) is 0 Å². The molecule has 0 spiro atoms. The highest BCUT2D eigenvalue weighted by Gasteiger charge is 2.32. The van der Waals surface area contributed by atoms with Gasteiger partial charge in [-0.1, -0.05) is 48.3 Å². The first-order chi connectivity index (χ1) is 5.90. The van der Waals surface area contributed by atoms with Crippen LogP contribution in [0.2, 0.25) is 0 Å². The van der Waals surface area contributed by atoms with Crippen molar-refractivity contribution in [2.75, 3.05) is 11.0 Å². The molecule has 70 valence electrons. The van der Waals surface area contributed by atoms with Crippen molar-refractivity contribution < 1.29 is 4.74 Å². The molecule has 2 aliphatic rings. The van der Waals surface area contributed by atoms with Gasteiger partial charge in [0.15, 0.2) is 0 Å². The van der Waals surface area contributed by atoms with E-state index < -0.39 is 0 Å². The molecule has 1 aliphatic heterocycles. The zero-order chi connectivity index (χ0) is 8.39. The minimum Gasteiger partial charge on any atom is -0.377 e. The van der Waals surface area contributed by atoms with Crippen LogP contribution in [-0.4, -0.2) is 17.1 Å². The molecule has 2 fully saturated rings. The minimum absolute atomic E-state index is 0.580. The van der Waals surface area contributed by atoms with Crippen molar-refractivity contribution in [2.45, 2.75) is 38.2 Å². The molecule has 0 amide bonds. The van der Waals surface area contributed by atoms with Crippen LogP contribution in [0, 0.1) is 11.8 Å². The lowest BCUT2D eigenvalue weighted by atomic mass is 9.89. The molecular formula is C10H17IO. The summed E-state index contributed by atoms with van der Waals surface area (Å²) in [4.78, 5) is 0. The number of hydrogen-bond acceptors (Lipinski definition) is 1. The maximum Gasteiger partial charge on any atom is 0.0668 e. The number of hydrogen-bond donors (Lipinski definition) is 0. The molecule has 2 atom stereocenters. The van der Waals surface area contributed by atoms with E-state index in [0.717, 1.165) is 18.4 Å². The summed E-state index contributed by atoms with van der Waals surface area (Å²) in [6.07, 6.45) is 7.81. The zero-order valence-corrected chi connectivity index (χ0v) is 9.63. The van der Waals surface area contributed by atoms with E-state index in [-0.39, 0.29) is 0 Å². The van der Waals surface area contributed by atoms with Crippen molar-refractivity contribution in [2.24, 2.45) is 11.8 Å². The average Bonchev–Trinajstić information content (AvgIpc) is 2.75. The molecule has 0 aromatic heterocycles. The Hall–Kier alpha value is 0.690. The minimum atomic E-state index is 0.580. The van der Waals surface area contributed by atoms with E-state index in [0.29, 0.717) is 6.10 Å². The predicted octanol–water partition coefficient (Wildman–Crippen LogP) is 3.02. The highest BCUT2D eigenvalue weighted by Crippen LogP contribution is 2.37. The summed E-state index contributed by atoms with van der Waals surface area (Å²) in [6, 6.07) is 0. The van der Waals surface area contributed by atoms with E-state index >= 15 is 0 Å². The highest BCUT2D eigenvalue weighted by atomic mass is 127. The van der Waals surface area contributed by atoms with E-state index in [1.807, 2.05) is 0 Å². The van der Waals surface area contributed by atoms with Crippen LogP contribution in [0.25, 0.3) is 0 Å². The number of ether oxygens (including phenoxy) is 1. The Morgan fingerprint density at radius 3 is 2.50 bits per heavy atom. The second-order valence-corrected chi connectivity index (χ2v) is 5.03. The third kappa shape index (κ3) is 1.95. The smallest absolute Gasteiger partial charge is 0.0668 e. The van der Waals surface area contributed by atoms with Crippen LogP contribution in [0.3, 0.4) is 0 Å². The molecule has 0 N–H and O–H groups in total. The Morgan fingerprint density at radius 1 is 1.17 bits per heavy atom. The second-order valence-electron chi connectivity index (χ2n) is 4.15. The summed E-state index contributed by atoms with van der Waals surface area (Å²) < 4.78 is 6.90.